The molecule has 4 heteroatoms. The van der Waals surface area contributed by atoms with Gasteiger partial charge >= 0.3 is 0 Å². The van der Waals surface area contributed by atoms with E-state index in [1.165, 1.54) is 0 Å². The van der Waals surface area contributed by atoms with E-state index < -0.39 is 0 Å². The Morgan fingerprint density at radius 3 is 2.42 bits per heavy atom. The summed E-state index contributed by atoms with van der Waals surface area (Å²) in [6.45, 7) is 0.755. The van der Waals surface area contributed by atoms with Crippen molar-refractivity contribution in [2.45, 2.75) is 12.4 Å². The molecule has 0 heterocycles. The van der Waals surface area contributed by atoms with Gasteiger partial charge in [-0.3, -0.25) is 0 Å². The summed E-state index contributed by atoms with van der Waals surface area (Å²) < 4.78 is 0. The first-order chi connectivity index (χ1) is 9.10. The number of halogens is 3. The Morgan fingerprint density at radius 1 is 1.00 bits per heavy atom. The first kappa shape index (κ1) is 14.5. The fraction of sp³-hybridized carbons (Fsp3) is 0.200. The van der Waals surface area contributed by atoms with E-state index in [2.05, 4.69) is 4.90 Å². The van der Waals surface area contributed by atoms with Gasteiger partial charge in [-0.2, -0.15) is 0 Å². The van der Waals surface area contributed by atoms with Crippen molar-refractivity contribution in [1.82, 2.24) is 0 Å². The quantitative estimate of drug-likeness (QED) is 0.686. The summed E-state index contributed by atoms with van der Waals surface area (Å²) in [6, 6.07) is 13.6. The number of alkyl halides is 1. The smallest absolute Gasteiger partial charge is 0.0494 e. The maximum absolute atomic E-state index is 6.06. The molecule has 2 rings (SSSR count). The highest BCUT2D eigenvalue weighted by Crippen LogP contribution is 2.27. The van der Waals surface area contributed by atoms with E-state index in [1.807, 2.05) is 49.5 Å². The molecule has 0 fully saturated rings. The molecule has 0 amide bonds. The molecule has 100 valence electrons. The Morgan fingerprint density at radius 2 is 1.74 bits per heavy atom. The molecule has 2 aromatic carbocycles. The molecule has 0 radical (unpaired) electrons. The molecule has 0 saturated heterocycles. The minimum absolute atomic E-state index is 0.465. The van der Waals surface area contributed by atoms with Crippen LogP contribution in [-0.4, -0.2) is 7.05 Å². The topological polar surface area (TPSA) is 3.24 Å². The molecule has 0 spiro atoms. The van der Waals surface area contributed by atoms with Crippen molar-refractivity contribution in [1.29, 1.82) is 0 Å². The predicted molar refractivity (Wildman–Crippen MR) is 84.6 cm³/mol. The van der Waals surface area contributed by atoms with Gasteiger partial charge in [0.25, 0.3) is 0 Å². The summed E-state index contributed by atoms with van der Waals surface area (Å²) in [5, 5.41) is 1.45. The molecular weight excluding hydrogens is 301 g/mol. The summed E-state index contributed by atoms with van der Waals surface area (Å²) >= 11 is 18.0. The van der Waals surface area contributed by atoms with Crippen LogP contribution >= 0.6 is 34.8 Å². The number of hydrogen-bond acceptors (Lipinski definition) is 1. The number of benzene rings is 2. The molecule has 2 aromatic rings. The third-order valence-corrected chi connectivity index (χ3v) is 3.67. The molecule has 19 heavy (non-hydrogen) atoms. The van der Waals surface area contributed by atoms with Gasteiger partial charge in [-0.25, -0.2) is 0 Å². The predicted octanol–water partition coefficient (Wildman–Crippen LogP) is 5.37. The number of hydrogen-bond donors (Lipinski definition) is 0. The van der Waals surface area contributed by atoms with Crippen molar-refractivity contribution >= 4 is 40.5 Å². The zero-order valence-electron chi connectivity index (χ0n) is 10.5. The molecule has 0 bridgehead atoms. The van der Waals surface area contributed by atoms with Gasteiger partial charge in [0.2, 0.25) is 0 Å². The second-order valence-corrected chi connectivity index (χ2v) is 5.53. The minimum atomic E-state index is 0.465. The number of rotatable bonds is 4. The molecular formula is C15H14Cl3N. The average molecular weight is 315 g/mol. The largest absolute Gasteiger partial charge is 0.370 e. The molecule has 0 aliphatic heterocycles. The lowest BCUT2D eigenvalue weighted by Crippen LogP contribution is -2.17. The summed E-state index contributed by atoms with van der Waals surface area (Å²) in [5.74, 6) is 0.465. The van der Waals surface area contributed by atoms with Crippen molar-refractivity contribution in [3.05, 3.63) is 63.6 Å². The van der Waals surface area contributed by atoms with Crippen molar-refractivity contribution in [3.63, 3.8) is 0 Å². The van der Waals surface area contributed by atoms with Crippen LogP contribution < -0.4 is 4.90 Å². The first-order valence-corrected chi connectivity index (χ1v) is 7.19. The van der Waals surface area contributed by atoms with Crippen molar-refractivity contribution < 1.29 is 0 Å². The molecule has 0 unspecified atom stereocenters. The third kappa shape index (κ3) is 3.79. The normalized spacial score (nSPS) is 10.5. The van der Waals surface area contributed by atoms with Gasteiger partial charge in [0.05, 0.1) is 0 Å². The lowest BCUT2D eigenvalue weighted by Gasteiger charge is -2.22. The van der Waals surface area contributed by atoms with Gasteiger partial charge in [-0.15, -0.1) is 11.6 Å². The van der Waals surface area contributed by atoms with Gasteiger partial charge in [0.1, 0.15) is 0 Å². The fourth-order valence-electron chi connectivity index (χ4n) is 2.00. The zero-order chi connectivity index (χ0) is 13.8. The first-order valence-electron chi connectivity index (χ1n) is 5.90. The Kier molecular flexibility index (Phi) is 4.98. The van der Waals surface area contributed by atoms with Crippen LogP contribution in [0.1, 0.15) is 11.1 Å². The Labute approximate surface area is 128 Å². The highest BCUT2D eigenvalue weighted by Gasteiger charge is 2.08. The van der Waals surface area contributed by atoms with Gasteiger partial charge in [-0.1, -0.05) is 41.4 Å². The molecule has 0 N–H and O–H groups in total. The van der Waals surface area contributed by atoms with Crippen LogP contribution in [0.4, 0.5) is 5.69 Å². The van der Waals surface area contributed by atoms with Crippen molar-refractivity contribution in [2.75, 3.05) is 11.9 Å². The fourth-order valence-corrected chi connectivity index (χ4v) is 2.60. The molecule has 0 saturated carbocycles. The Hall–Kier alpha value is -0.890. The lowest BCUT2D eigenvalue weighted by atomic mass is 10.1. The van der Waals surface area contributed by atoms with Gasteiger partial charge in [0.15, 0.2) is 0 Å². The van der Waals surface area contributed by atoms with Crippen LogP contribution in [0.3, 0.4) is 0 Å². The van der Waals surface area contributed by atoms with E-state index in [-0.39, 0.29) is 0 Å². The van der Waals surface area contributed by atoms with Crippen LogP contribution in [-0.2, 0) is 12.4 Å². The standard InChI is InChI=1S/C15H14Cl3N/c1-19(10-11-3-2-4-13(17)7-11)15-8-14(18)6-5-12(15)9-16/h2-8H,9-10H2,1H3. The van der Waals surface area contributed by atoms with E-state index >= 15 is 0 Å². The van der Waals surface area contributed by atoms with E-state index in [4.69, 9.17) is 34.8 Å². The summed E-state index contributed by atoms with van der Waals surface area (Å²) in [4.78, 5) is 2.12. The number of nitrogens with zero attached hydrogens (tertiary/aromatic N) is 1. The SMILES string of the molecule is CN(Cc1cccc(Cl)c1)c1cc(Cl)ccc1CCl. The zero-order valence-corrected chi connectivity index (χ0v) is 12.8. The van der Waals surface area contributed by atoms with Gasteiger partial charge in [0, 0.05) is 35.2 Å². The molecule has 0 aliphatic rings. The van der Waals surface area contributed by atoms with E-state index in [0.717, 1.165) is 28.4 Å². The summed E-state index contributed by atoms with van der Waals surface area (Å²) in [5.41, 5.74) is 3.26. The van der Waals surface area contributed by atoms with E-state index in [0.29, 0.717) is 10.9 Å². The number of anilines is 1. The average Bonchev–Trinajstić information content (AvgIpc) is 2.38. The highest BCUT2D eigenvalue weighted by atomic mass is 35.5. The second-order valence-electron chi connectivity index (χ2n) is 4.39. The molecule has 0 aliphatic carbocycles. The summed E-state index contributed by atoms with van der Waals surface area (Å²) in [7, 11) is 2.02. The summed E-state index contributed by atoms with van der Waals surface area (Å²) in [6.07, 6.45) is 0. The molecule has 0 atom stereocenters. The Balaban J connectivity index is 2.24. The molecule has 1 nitrogen and oxygen atoms in total. The van der Waals surface area contributed by atoms with Crippen LogP contribution in [0.2, 0.25) is 10.0 Å². The van der Waals surface area contributed by atoms with Crippen LogP contribution in [0.15, 0.2) is 42.5 Å². The highest BCUT2D eigenvalue weighted by molar-refractivity contribution is 6.31. The van der Waals surface area contributed by atoms with E-state index in [1.54, 1.807) is 0 Å². The van der Waals surface area contributed by atoms with Crippen LogP contribution in [0.5, 0.6) is 0 Å². The second kappa shape index (κ2) is 6.51. The van der Waals surface area contributed by atoms with E-state index in [9.17, 15) is 0 Å². The van der Waals surface area contributed by atoms with Gasteiger partial charge in [-0.05, 0) is 35.4 Å². The maximum atomic E-state index is 6.06. The lowest BCUT2D eigenvalue weighted by molar-refractivity contribution is 0.916. The third-order valence-electron chi connectivity index (χ3n) is 2.91. The van der Waals surface area contributed by atoms with Crippen molar-refractivity contribution in [2.24, 2.45) is 0 Å². The van der Waals surface area contributed by atoms with Gasteiger partial charge < -0.3 is 4.90 Å². The van der Waals surface area contributed by atoms with Crippen molar-refractivity contribution in [3.8, 4) is 0 Å². The monoisotopic (exact) mass is 313 g/mol. The molecule has 0 aromatic heterocycles. The van der Waals surface area contributed by atoms with Crippen LogP contribution in [0.25, 0.3) is 0 Å². The Bertz CT molecular complexity index is 569. The van der Waals surface area contributed by atoms with Crippen LogP contribution in [0, 0.1) is 0 Å². The maximum Gasteiger partial charge on any atom is 0.0494 e. The minimum Gasteiger partial charge on any atom is -0.370 e.